The molecule has 0 saturated carbocycles. The highest BCUT2D eigenvalue weighted by Crippen LogP contribution is 2.14. The van der Waals surface area contributed by atoms with Crippen LogP contribution in [0.4, 0.5) is 0 Å². The van der Waals surface area contributed by atoms with Crippen LogP contribution in [0.15, 0.2) is 23.3 Å². The van der Waals surface area contributed by atoms with Crippen LogP contribution in [0.3, 0.4) is 0 Å². The molecule has 4 nitrogen and oxygen atoms in total. The average molecular weight is 211 g/mol. The first-order valence-corrected chi connectivity index (χ1v) is 4.79. The second-order valence-corrected chi connectivity index (χ2v) is 3.47. The lowest BCUT2D eigenvalue weighted by Gasteiger charge is -2.17. The van der Waals surface area contributed by atoms with Crippen molar-refractivity contribution >= 4 is 17.6 Å². The molecule has 74 valence electrons. The maximum absolute atomic E-state index is 5.93. The van der Waals surface area contributed by atoms with E-state index in [1.165, 1.54) is 0 Å². The monoisotopic (exact) mass is 210 g/mol. The lowest BCUT2D eigenvalue weighted by atomic mass is 10.2. The van der Waals surface area contributed by atoms with Crippen LogP contribution in [0.1, 0.15) is 5.56 Å². The smallest absolute Gasteiger partial charge is 0.191 e. The molecule has 1 aliphatic heterocycles. The Kier molecular flexibility index (Phi) is 2.54. The van der Waals surface area contributed by atoms with Crippen molar-refractivity contribution in [2.45, 2.75) is 6.54 Å². The van der Waals surface area contributed by atoms with Gasteiger partial charge in [0.1, 0.15) is 5.15 Å². The minimum atomic E-state index is 0.534. The summed E-state index contributed by atoms with van der Waals surface area (Å²) in [5.41, 5.74) is 6.67. The molecule has 0 amide bonds. The highest BCUT2D eigenvalue weighted by Gasteiger charge is 2.14. The number of halogens is 1. The Morgan fingerprint density at radius 3 is 3.07 bits per heavy atom. The van der Waals surface area contributed by atoms with Gasteiger partial charge in [0.25, 0.3) is 0 Å². The van der Waals surface area contributed by atoms with Gasteiger partial charge in [0, 0.05) is 24.8 Å². The summed E-state index contributed by atoms with van der Waals surface area (Å²) in [4.78, 5) is 10.1. The number of guanidine groups is 1. The van der Waals surface area contributed by atoms with E-state index < -0.39 is 0 Å². The summed E-state index contributed by atoms with van der Waals surface area (Å²) in [6.07, 6.45) is 1.67. The molecule has 2 heterocycles. The van der Waals surface area contributed by atoms with Crippen molar-refractivity contribution in [3.05, 3.63) is 29.0 Å². The van der Waals surface area contributed by atoms with Crippen molar-refractivity contribution in [2.24, 2.45) is 10.7 Å². The van der Waals surface area contributed by atoms with Gasteiger partial charge >= 0.3 is 0 Å². The molecule has 0 atom stereocenters. The molecule has 0 bridgehead atoms. The van der Waals surface area contributed by atoms with Crippen LogP contribution >= 0.6 is 11.6 Å². The van der Waals surface area contributed by atoms with Gasteiger partial charge in [0.05, 0.1) is 6.54 Å². The van der Waals surface area contributed by atoms with Crippen LogP contribution in [0, 0.1) is 0 Å². The largest absolute Gasteiger partial charge is 0.370 e. The summed E-state index contributed by atoms with van der Waals surface area (Å²) in [5.74, 6) is 0.588. The van der Waals surface area contributed by atoms with Crippen molar-refractivity contribution in [2.75, 3.05) is 13.1 Å². The van der Waals surface area contributed by atoms with E-state index in [2.05, 4.69) is 9.98 Å². The topological polar surface area (TPSA) is 54.5 Å². The van der Waals surface area contributed by atoms with Crippen molar-refractivity contribution in [3.63, 3.8) is 0 Å². The fourth-order valence-electron chi connectivity index (χ4n) is 1.40. The molecule has 1 aromatic rings. The molecule has 1 aromatic heterocycles. The van der Waals surface area contributed by atoms with E-state index in [1.54, 1.807) is 6.20 Å². The van der Waals surface area contributed by atoms with E-state index in [-0.39, 0.29) is 0 Å². The number of aromatic nitrogens is 1. The molecule has 0 aromatic carbocycles. The SMILES string of the molecule is NC1=NCCN1Cc1cccnc1Cl. The van der Waals surface area contributed by atoms with E-state index in [1.807, 2.05) is 17.0 Å². The Hall–Kier alpha value is -1.29. The van der Waals surface area contributed by atoms with Crippen LogP contribution in [0.25, 0.3) is 0 Å². The number of pyridine rings is 1. The third kappa shape index (κ3) is 1.80. The summed E-state index contributed by atoms with van der Waals surface area (Å²) in [5, 5.41) is 0.534. The third-order valence-electron chi connectivity index (χ3n) is 2.17. The first-order valence-electron chi connectivity index (χ1n) is 4.41. The fourth-order valence-corrected chi connectivity index (χ4v) is 1.58. The summed E-state index contributed by atoms with van der Waals surface area (Å²) in [6, 6.07) is 3.81. The molecule has 0 saturated heterocycles. The zero-order valence-corrected chi connectivity index (χ0v) is 8.41. The maximum Gasteiger partial charge on any atom is 0.191 e. The van der Waals surface area contributed by atoms with Gasteiger partial charge in [-0.1, -0.05) is 17.7 Å². The predicted molar refractivity (Wildman–Crippen MR) is 56.1 cm³/mol. The molecule has 1 aliphatic rings. The van der Waals surface area contributed by atoms with Gasteiger partial charge < -0.3 is 10.6 Å². The summed E-state index contributed by atoms with van der Waals surface area (Å²) >= 11 is 5.93. The van der Waals surface area contributed by atoms with Crippen LogP contribution in [-0.4, -0.2) is 28.9 Å². The van der Waals surface area contributed by atoms with Crippen molar-refractivity contribution in [1.29, 1.82) is 0 Å². The van der Waals surface area contributed by atoms with E-state index >= 15 is 0 Å². The minimum absolute atomic E-state index is 0.534. The Balaban J connectivity index is 2.11. The van der Waals surface area contributed by atoms with Gasteiger partial charge in [-0.15, -0.1) is 0 Å². The van der Waals surface area contributed by atoms with Crippen molar-refractivity contribution in [3.8, 4) is 0 Å². The Morgan fingerprint density at radius 1 is 1.57 bits per heavy atom. The normalized spacial score (nSPS) is 15.8. The molecule has 0 aliphatic carbocycles. The molecule has 0 radical (unpaired) electrons. The van der Waals surface area contributed by atoms with Gasteiger partial charge in [-0.05, 0) is 6.07 Å². The van der Waals surface area contributed by atoms with Crippen molar-refractivity contribution in [1.82, 2.24) is 9.88 Å². The van der Waals surface area contributed by atoms with Crippen molar-refractivity contribution < 1.29 is 0 Å². The van der Waals surface area contributed by atoms with E-state index in [0.717, 1.165) is 18.7 Å². The minimum Gasteiger partial charge on any atom is -0.370 e. The summed E-state index contributed by atoms with van der Waals surface area (Å²) in [6.45, 7) is 2.31. The standard InChI is InChI=1S/C9H11ClN4/c10-8-7(2-1-3-12-8)6-14-5-4-13-9(14)11/h1-3H,4-6H2,(H2,11,13). The Morgan fingerprint density at radius 2 is 2.43 bits per heavy atom. The molecule has 2 rings (SSSR count). The Labute approximate surface area is 87.4 Å². The van der Waals surface area contributed by atoms with Gasteiger partial charge in [-0.25, -0.2) is 4.98 Å². The lowest BCUT2D eigenvalue weighted by molar-refractivity contribution is 0.447. The fraction of sp³-hybridized carbons (Fsp3) is 0.333. The van der Waals surface area contributed by atoms with E-state index in [0.29, 0.717) is 17.7 Å². The van der Waals surface area contributed by atoms with Crippen LogP contribution in [0.2, 0.25) is 5.15 Å². The van der Waals surface area contributed by atoms with Crippen LogP contribution in [0.5, 0.6) is 0 Å². The molecular weight excluding hydrogens is 200 g/mol. The van der Waals surface area contributed by atoms with Gasteiger partial charge in [-0.3, -0.25) is 4.99 Å². The number of nitrogens with zero attached hydrogens (tertiary/aromatic N) is 3. The molecule has 2 N–H and O–H groups in total. The van der Waals surface area contributed by atoms with Gasteiger partial charge in [-0.2, -0.15) is 0 Å². The zero-order valence-electron chi connectivity index (χ0n) is 7.65. The third-order valence-corrected chi connectivity index (χ3v) is 2.51. The zero-order chi connectivity index (χ0) is 9.97. The van der Waals surface area contributed by atoms with Gasteiger partial charge in [0.15, 0.2) is 5.96 Å². The lowest BCUT2D eigenvalue weighted by Crippen LogP contribution is -2.33. The summed E-state index contributed by atoms with van der Waals surface area (Å²) in [7, 11) is 0. The molecule has 14 heavy (non-hydrogen) atoms. The highest BCUT2D eigenvalue weighted by molar-refractivity contribution is 6.30. The average Bonchev–Trinajstić information content (AvgIpc) is 2.56. The van der Waals surface area contributed by atoms with Gasteiger partial charge in [0.2, 0.25) is 0 Å². The van der Waals surface area contributed by atoms with Crippen LogP contribution < -0.4 is 5.73 Å². The molecular formula is C9H11ClN4. The molecule has 0 fully saturated rings. The Bertz CT molecular complexity index is 364. The highest BCUT2D eigenvalue weighted by atomic mass is 35.5. The number of nitrogens with two attached hydrogens (primary N) is 1. The second-order valence-electron chi connectivity index (χ2n) is 3.11. The summed E-state index contributed by atoms with van der Waals surface area (Å²) < 4.78 is 0. The van der Waals surface area contributed by atoms with Crippen LogP contribution in [-0.2, 0) is 6.54 Å². The molecule has 5 heteroatoms. The number of aliphatic imine (C=N–C) groups is 1. The quantitative estimate of drug-likeness (QED) is 0.737. The maximum atomic E-state index is 5.93. The van der Waals surface area contributed by atoms with E-state index in [9.17, 15) is 0 Å². The van der Waals surface area contributed by atoms with E-state index in [4.69, 9.17) is 17.3 Å². The number of hydrogen-bond donors (Lipinski definition) is 1. The number of rotatable bonds is 2. The molecule has 0 spiro atoms. The molecule has 0 unspecified atom stereocenters. The first-order chi connectivity index (χ1) is 6.77. The first kappa shape index (κ1) is 9.27. The second kappa shape index (κ2) is 3.84. The number of hydrogen-bond acceptors (Lipinski definition) is 4. The predicted octanol–water partition coefficient (Wildman–Crippen LogP) is 0.865.